The quantitative estimate of drug-likeness (QED) is 0.571. The molecule has 1 nitrogen and oxygen atoms in total. The number of hydrogen-bond acceptors (Lipinski definition) is 1. The maximum absolute atomic E-state index is 12.9. The summed E-state index contributed by atoms with van der Waals surface area (Å²) in [7, 11) is 0. The van der Waals surface area contributed by atoms with Gasteiger partial charge in [-0.3, -0.25) is 0 Å². The van der Waals surface area contributed by atoms with Crippen LogP contribution in [0.1, 0.15) is 31.4 Å². The van der Waals surface area contributed by atoms with Gasteiger partial charge in [0.05, 0.1) is 0 Å². The van der Waals surface area contributed by atoms with Crippen molar-refractivity contribution in [3.63, 3.8) is 0 Å². The molecule has 0 aliphatic heterocycles. The molecule has 0 atom stereocenters. The molecule has 0 fully saturated rings. The van der Waals surface area contributed by atoms with E-state index in [9.17, 15) is 4.39 Å². The van der Waals surface area contributed by atoms with Crippen LogP contribution in [-0.2, 0) is 6.42 Å². The smallest absolute Gasteiger partial charge is 0.123 e. The molecule has 1 aromatic carbocycles. The Kier molecular flexibility index (Phi) is 6.66. The van der Waals surface area contributed by atoms with E-state index in [0.717, 1.165) is 31.5 Å². The van der Waals surface area contributed by atoms with Crippen molar-refractivity contribution in [1.82, 2.24) is 5.32 Å². The fourth-order valence-corrected chi connectivity index (χ4v) is 1.79. The SMILES string of the molecule is Cc1cc(F)ccc1C/C=C/CCNCC(C)C. The van der Waals surface area contributed by atoms with E-state index in [-0.39, 0.29) is 5.82 Å². The molecular weight excluding hydrogens is 225 g/mol. The first-order valence-corrected chi connectivity index (χ1v) is 6.70. The number of halogens is 1. The van der Waals surface area contributed by atoms with Gasteiger partial charge in [-0.05, 0) is 62.0 Å². The Bertz CT molecular complexity index is 383. The van der Waals surface area contributed by atoms with Gasteiger partial charge in [0.2, 0.25) is 0 Å². The van der Waals surface area contributed by atoms with Crippen LogP contribution in [0.15, 0.2) is 30.4 Å². The minimum atomic E-state index is -0.155. The van der Waals surface area contributed by atoms with Gasteiger partial charge in [-0.1, -0.05) is 32.1 Å². The number of allylic oxidation sites excluding steroid dienone is 1. The first-order chi connectivity index (χ1) is 8.59. The van der Waals surface area contributed by atoms with Crippen LogP contribution in [0.2, 0.25) is 0 Å². The van der Waals surface area contributed by atoms with Crippen molar-refractivity contribution in [1.29, 1.82) is 0 Å². The molecule has 0 saturated carbocycles. The van der Waals surface area contributed by atoms with Crippen molar-refractivity contribution in [2.75, 3.05) is 13.1 Å². The molecular formula is C16H24FN. The van der Waals surface area contributed by atoms with Crippen molar-refractivity contribution < 1.29 is 4.39 Å². The van der Waals surface area contributed by atoms with Gasteiger partial charge < -0.3 is 5.32 Å². The highest BCUT2D eigenvalue weighted by molar-refractivity contribution is 5.28. The number of rotatable bonds is 7. The molecule has 100 valence electrons. The summed E-state index contributed by atoms with van der Waals surface area (Å²) in [6.45, 7) is 8.47. The van der Waals surface area contributed by atoms with E-state index in [4.69, 9.17) is 0 Å². The van der Waals surface area contributed by atoms with E-state index < -0.39 is 0 Å². The second kappa shape index (κ2) is 8.04. The van der Waals surface area contributed by atoms with Crippen LogP contribution in [0.25, 0.3) is 0 Å². The number of aryl methyl sites for hydroxylation is 1. The summed E-state index contributed by atoms with van der Waals surface area (Å²) in [6.07, 6.45) is 6.29. The Morgan fingerprint density at radius 1 is 1.28 bits per heavy atom. The van der Waals surface area contributed by atoms with Crippen LogP contribution in [0.3, 0.4) is 0 Å². The van der Waals surface area contributed by atoms with Gasteiger partial charge in [-0.2, -0.15) is 0 Å². The lowest BCUT2D eigenvalue weighted by Crippen LogP contribution is -2.20. The molecule has 0 amide bonds. The molecule has 0 saturated heterocycles. The number of hydrogen-bond donors (Lipinski definition) is 1. The van der Waals surface area contributed by atoms with E-state index in [1.165, 1.54) is 11.6 Å². The summed E-state index contributed by atoms with van der Waals surface area (Å²) in [5.41, 5.74) is 2.22. The average Bonchev–Trinajstić information content (AvgIpc) is 2.30. The maximum atomic E-state index is 12.9. The second-order valence-corrected chi connectivity index (χ2v) is 5.13. The molecule has 0 bridgehead atoms. The third-order valence-corrected chi connectivity index (χ3v) is 2.85. The highest BCUT2D eigenvalue weighted by Crippen LogP contribution is 2.11. The largest absolute Gasteiger partial charge is 0.316 e. The van der Waals surface area contributed by atoms with Crippen LogP contribution in [-0.4, -0.2) is 13.1 Å². The summed E-state index contributed by atoms with van der Waals surface area (Å²) in [5, 5.41) is 3.40. The normalized spacial score (nSPS) is 11.6. The molecule has 0 radical (unpaired) electrons. The van der Waals surface area contributed by atoms with Gasteiger partial charge in [-0.25, -0.2) is 4.39 Å². The second-order valence-electron chi connectivity index (χ2n) is 5.13. The van der Waals surface area contributed by atoms with E-state index >= 15 is 0 Å². The van der Waals surface area contributed by atoms with Gasteiger partial charge in [0, 0.05) is 0 Å². The third-order valence-electron chi connectivity index (χ3n) is 2.85. The lowest BCUT2D eigenvalue weighted by atomic mass is 10.1. The zero-order valence-electron chi connectivity index (χ0n) is 11.7. The fraction of sp³-hybridized carbons (Fsp3) is 0.500. The predicted octanol–water partition coefficient (Wildman–Crippen LogP) is 3.87. The molecule has 0 aliphatic carbocycles. The topological polar surface area (TPSA) is 12.0 Å². The fourth-order valence-electron chi connectivity index (χ4n) is 1.79. The van der Waals surface area contributed by atoms with Crippen LogP contribution in [0.5, 0.6) is 0 Å². The Balaban J connectivity index is 2.24. The highest BCUT2D eigenvalue weighted by Gasteiger charge is 1.97. The maximum Gasteiger partial charge on any atom is 0.123 e. The van der Waals surface area contributed by atoms with Gasteiger partial charge in [0.25, 0.3) is 0 Å². The van der Waals surface area contributed by atoms with Crippen LogP contribution in [0.4, 0.5) is 4.39 Å². The van der Waals surface area contributed by atoms with Gasteiger partial charge >= 0.3 is 0 Å². The molecule has 0 unspecified atom stereocenters. The van der Waals surface area contributed by atoms with Gasteiger partial charge in [0.15, 0.2) is 0 Å². The third kappa shape index (κ3) is 5.97. The number of benzene rings is 1. The van der Waals surface area contributed by atoms with E-state index in [1.54, 1.807) is 6.07 Å². The molecule has 18 heavy (non-hydrogen) atoms. The van der Waals surface area contributed by atoms with E-state index in [0.29, 0.717) is 5.92 Å². The summed E-state index contributed by atoms with van der Waals surface area (Å²) < 4.78 is 12.9. The van der Waals surface area contributed by atoms with Crippen LogP contribution < -0.4 is 5.32 Å². The first kappa shape index (κ1) is 14.9. The van der Waals surface area contributed by atoms with Crippen molar-refractivity contribution in [3.05, 3.63) is 47.3 Å². The van der Waals surface area contributed by atoms with E-state index in [2.05, 4.69) is 31.3 Å². The molecule has 2 heteroatoms. The minimum absolute atomic E-state index is 0.155. The highest BCUT2D eigenvalue weighted by atomic mass is 19.1. The molecule has 1 N–H and O–H groups in total. The standard InChI is InChI=1S/C16H24FN/c1-13(2)12-18-10-6-4-5-7-15-8-9-16(17)11-14(15)3/h4-5,8-9,11,13,18H,6-7,10,12H2,1-3H3/b5-4+. The Morgan fingerprint density at radius 3 is 2.72 bits per heavy atom. The van der Waals surface area contributed by atoms with E-state index in [1.807, 2.05) is 13.0 Å². The summed E-state index contributed by atoms with van der Waals surface area (Å²) in [4.78, 5) is 0. The van der Waals surface area contributed by atoms with Crippen LogP contribution in [0, 0.1) is 18.7 Å². The predicted molar refractivity (Wildman–Crippen MR) is 76.3 cm³/mol. The van der Waals surface area contributed by atoms with Crippen molar-refractivity contribution in [3.8, 4) is 0 Å². The first-order valence-electron chi connectivity index (χ1n) is 6.70. The Labute approximate surface area is 110 Å². The van der Waals surface area contributed by atoms with Gasteiger partial charge in [-0.15, -0.1) is 0 Å². The van der Waals surface area contributed by atoms with Crippen molar-refractivity contribution in [2.24, 2.45) is 5.92 Å². The zero-order valence-corrected chi connectivity index (χ0v) is 11.7. The summed E-state index contributed by atoms with van der Waals surface area (Å²) in [5.74, 6) is 0.550. The molecule has 0 spiro atoms. The number of nitrogens with one attached hydrogen (secondary N) is 1. The van der Waals surface area contributed by atoms with Gasteiger partial charge in [0.1, 0.15) is 5.82 Å². The van der Waals surface area contributed by atoms with Crippen LogP contribution >= 0.6 is 0 Å². The molecule has 0 aliphatic rings. The summed E-state index contributed by atoms with van der Waals surface area (Å²) in [6, 6.07) is 4.99. The lowest BCUT2D eigenvalue weighted by molar-refractivity contribution is 0.556. The zero-order chi connectivity index (χ0) is 13.4. The monoisotopic (exact) mass is 249 g/mol. The molecule has 1 aromatic rings. The molecule has 1 rings (SSSR count). The molecule has 0 aromatic heterocycles. The summed E-state index contributed by atoms with van der Waals surface area (Å²) >= 11 is 0. The molecule has 0 heterocycles. The lowest BCUT2D eigenvalue weighted by Gasteiger charge is -2.05. The van der Waals surface area contributed by atoms with Crippen molar-refractivity contribution in [2.45, 2.75) is 33.6 Å². The average molecular weight is 249 g/mol. The Hall–Kier alpha value is -1.15. The minimum Gasteiger partial charge on any atom is -0.316 e. The van der Waals surface area contributed by atoms with Crippen molar-refractivity contribution >= 4 is 0 Å². The Morgan fingerprint density at radius 2 is 2.06 bits per heavy atom.